The molecule has 3 aromatic carbocycles. The molecule has 0 saturated carbocycles. The van der Waals surface area contributed by atoms with Crippen LogP contribution in [-0.2, 0) is 33.1 Å². The summed E-state index contributed by atoms with van der Waals surface area (Å²) in [5, 5.41) is 1.29. The molecule has 0 radical (unpaired) electrons. The van der Waals surface area contributed by atoms with Gasteiger partial charge in [0.1, 0.15) is 0 Å². The maximum absolute atomic E-state index is 13.0. The van der Waals surface area contributed by atoms with Gasteiger partial charge in [-0.3, -0.25) is 0 Å². The summed E-state index contributed by atoms with van der Waals surface area (Å²) >= 11 is 1.82. The summed E-state index contributed by atoms with van der Waals surface area (Å²) in [5.74, 6) is -0.163. The van der Waals surface area contributed by atoms with E-state index in [2.05, 4.69) is 34.1 Å². The van der Waals surface area contributed by atoms with Crippen molar-refractivity contribution in [1.82, 2.24) is 0 Å². The van der Waals surface area contributed by atoms with Crippen molar-refractivity contribution in [2.45, 2.75) is 37.5 Å². The molecule has 3 aromatic rings. The molecule has 1 N–H and O–H groups in total. The second kappa shape index (κ2) is 13.5. The van der Waals surface area contributed by atoms with Gasteiger partial charge in [0.05, 0.1) is 23.9 Å². The zero-order valence-electron chi connectivity index (χ0n) is 19.3. The van der Waals surface area contributed by atoms with Gasteiger partial charge < -0.3 is 17.9 Å². The fourth-order valence-electron chi connectivity index (χ4n) is 3.33. The van der Waals surface area contributed by atoms with Crippen molar-refractivity contribution < 1.29 is 25.7 Å². The molecule has 0 amide bonds. The van der Waals surface area contributed by atoms with E-state index in [0.29, 0.717) is 5.56 Å². The van der Waals surface area contributed by atoms with E-state index < -0.39 is 30.2 Å². The molecule has 2 unspecified atom stereocenters. The van der Waals surface area contributed by atoms with Crippen molar-refractivity contribution in [3.8, 4) is 0 Å². The Labute approximate surface area is 214 Å². The van der Waals surface area contributed by atoms with Gasteiger partial charge in [-0.25, -0.2) is 8.42 Å². The Morgan fingerprint density at radius 1 is 0.848 bits per heavy atom. The van der Waals surface area contributed by atoms with Gasteiger partial charge in [-0.15, -0.1) is 12.1 Å². The van der Waals surface area contributed by atoms with Gasteiger partial charge in [-0.2, -0.15) is 0 Å². The molecule has 0 fully saturated rings. The van der Waals surface area contributed by atoms with Crippen molar-refractivity contribution in [3.63, 3.8) is 0 Å². The van der Waals surface area contributed by atoms with Crippen molar-refractivity contribution in [1.29, 1.82) is 0 Å². The number of nitrogens with zero attached hydrogens (tertiary/aromatic N) is 1. The van der Waals surface area contributed by atoms with Gasteiger partial charge in [0.25, 0.3) is 0 Å². The van der Waals surface area contributed by atoms with Gasteiger partial charge in [-0.05, 0) is 5.56 Å². The molecule has 0 aliphatic rings. The van der Waals surface area contributed by atoms with Crippen LogP contribution in [0.1, 0.15) is 28.8 Å². The first-order valence-electron chi connectivity index (χ1n) is 10.1. The molecule has 0 aromatic heterocycles. The Kier molecular flexibility index (Phi) is 12.2. The monoisotopic (exact) mass is 588 g/mol. The molecule has 4 nitrogen and oxygen atoms in total. The van der Waals surface area contributed by atoms with E-state index in [4.69, 9.17) is 5.73 Å². The third kappa shape index (κ3) is 9.08. The van der Waals surface area contributed by atoms with E-state index >= 15 is 0 Å². The third-order valence-corrected chi connectivity index (χ3v) is 8.37. The Bertz CT molecular complexity index is 1060. The van der Waals surface area contributed by atoms with Crippen LogP contribution < -0.4 is 5.19 Å². The van der Waals surface area contributed by atoms with Gasteiger partial charge in [0.15, 0.2) is 0 Å². The molecule has 8 heteroatoms. The Morgan fingerprint density at radius 3 is 1.76 bits per heavy atom. The van der Waals surface area contributed by atoms with Crippen LogP contribution in [0.2, 0.25) is 19.6 Å². The van der Waals surface area contributed by atoms with Gasteiger partial charge in [0.2, 0.25) is 0 Å². The van der Waals surface area contributed by atoms with E-state index in [1.807, 2.05) is 102 Å². The number of nitrogens with one attached hydrogen (secondary N) is 1. The van der Waals surface area contributed by atoms with Crippen molar-refractivity contribution in [3.05, 3.63) is 120 Å². The molecule has 3 rings (SSSR count). The second-order valence-corrected chi connectivity index (χ2v) is 15.3. The predicted octanol–water partition coefficient (Wildman–Crippen LogP) is 7.11. The Hall–Kier alpha value is -1.34. The second-order valence-electron chi connectivity index (χ2n) is 8.52. The molecule has 2 atom stereocenters. The predicted molar refractivity (Wildman–Crippen MR) is 140 cm³/mol. The van der Waals surface area contributed by atoms with Crippen LogP contribution in [0.25, 0.3) is 10.5 Å². The molecule has 0 aliphatic heterocycles. The van der Waals surface area contributed by atoms with Crippen LogP contribution in [0.3, 0.4) is 0 Å². The molecule has 0 spiro atoms. The van der Waals surface area contributed by atoms with E-state index in [9.17, 15) is 8.42 Å². The molecule has 0 saturated heterocycles. The number of halogens is 1. The number of rotatable bonds is 8. The molecular weight excluding hydrogens is 557 g/mol. The maximum atomic E-state index is 13.0. The summed E-state index contributed by atoms with van der Waals surface area (Å²) < 4.78 is 30.1. The average molecular weight is 588 g/mol. The molecule has 0 aliphatic carbocycles. The first-order valence-corrected chi connectivity index (χ1v) is 17.5. The van der Waals surface area contributed by atoms with Gasteiger partial charge in [0, 0.05) is 0 Å². The summed E-state index contributed by atoms with van der Waals surface area (Å²) in [5.41, 5.74) is 10.9. The zero-order chi connectivity index (χ0) is 23.8. The molecule has 0 heterocycles. The first-order chi connectivity index (χ1) is 15.2. The van der Waals surface area contributed by atoms with Gasteiger partial charge >= 0.3 is 27.0 Å². The standard InChI is InChI=1S/C24H28N2O2SSi.CH3.ClH.Ru/c1-30(2,3)22-16-14-19(15-17-22)18-29(27,28)26-24(21-12-8-5-9-13-21)23(25)20-10-6-4-7-11-20;;;/h4-17,23-25H,18H2,1-3H3;1H3;1H;/q-2;-1;;+4/p-1. The van der Waals surface area contributed by atoms with Crippen LogP contribution in [0.4, 0.5) is 0 Å². The fourth-order valence-corrected chi connectivity index (χ4v) is 5.77. The van der Waals surface area contributed by atoms with E-state index in [0.717, 1.165) is 11.1 Å². The van der Waals surface area contributed by atoms with Crippen LogP contribution in [0, 0.1) is 7.43 Å². The van der Waals surface area contributed by atoms with E-state index in [1.54, 1.807) is 0 Å². The van der Waals surface area contributed by atoms with Crippen LogP contribution in [0.5, 0.6) is 0 Å². The number of hydrogen-bond donors (Lipinski definition) is 0. The normalized spacial score (nSPS) is 13.1. The number of sulfonamides is 1. The van der Waals surface area contributed by atoms with Crippen LogP contribution in [-0.4, -0.2) is 16.5 Å². The molecule has 178 valence electrons. The first kappa shape index (κ1) is 29.7. The minimum absolute atomic E-state index is 0. The average Bonchev–Trinajstić information content (AvgIpc) is 2.79. The van der Waals surface area contributed by atoms with E-state index in [1.165, 1.54) is 5.19 Å². The molecule has 0 bridgehead atoms. The van der Waals surface area contributed by atoms with E-state index in [-0.39, 0.29) is 13.2 Å². The Morgan fingerprint density at radius 2 is 1.30 bits per heavy atom. The summed E-state index contributed by atoms with van der Waals surface area (Å²) in [6.45, 7) is 6.78. The topological polar surface area (TPSA) is 72.0 Å². The SMILES string of the molecule is C[Si](C)(C)c1ccc(CS(=O)(=O)[N-]C(c2ccccc2)C([NH-])c2ccccc2)cc1.[CH3-].[Cl][Ru+3]. The van der Waals surface area contributed by atoms with Crippen molar-refractivity contribution in [2.75, 3.05) is 0 Å². The molecule has 33 heavy (non-hydrogen) atoms. The zero-order valence-corrected chi connectivity index (χ0v) is 23.7. The summed E-state index contributed by atoms with van der Waals surface area (Å²) in [6, 6.07) is 24.7. The number of hydrogen-bond acceptors (Lipinski definition) is 2. The molecular formula is C25H31ClN2O2RuSSi. The van der Waals surface area contributed by atoms with Crippen LogP contribution >= 0.6 is 9.69 Å². The van der Waals surface area contributed by atoms with Gasteiger partial charge in [-0.1, -0.05) is 121 Å². The van der Waals surface area contributed by atoms with Crippen molar-refractivity contribution >= 4 is 33.0 Å². The summed E-state index contributed by atoms with van der Waals surface area (Å²) in [7, 11) is -0.633. The Balaban J connectivity index is 0.00000177. The van der Waals surface area contributed by atoms with Crippen LogP contribution in [0.15, 0.2) is 84.9 Å². The quantitative estimate of drug-likeness (QED) is 0.208. The summed E-state index contributed by atoms with van der Waals surface area (Å²) in [4.78, 5) is 0. The number of benzene rings is 3. The third-order valence-electron chi connectivity index (χ3n) is 5.06. The van der Waals surface area contributed by atoms with Crippen molar-refractivity contribution in [2.24, 2.45) is 0 Å². The fraction of sp³-hybridized carbons (Fsp3) is 0.240. The summed E-state index contributed by atoms with van der Waals surface area (Å²) in [6.07, 6.45) is 0. The minimum atomic E-state index is -3.77.